The van der Waals surface area contributed by atoms with Crippen LogP contribution in [0.2, 0.25) is 0 Å². The molecule has 0 saturated carbocycles. The molecule has 1 rings (SSSR count). The van der Waals surface area contributed by atoms with E-state index in [1.807, 2.05) is 0 Å². The number of primary amides is 1. The predicted octanol–water partition coefficient (Wildman–Crippen LogP) is 2.45. The third-order valence-corrected chi connectivity index (χ3v) is 1.92. The van der Waals surface area contributed by atoms with Gasteiger partial charge in [-0.15, -0.1) is 0 Å². The zero-order valence-electron chi connectivity index (χ0n) is 7.96. The van der Waals surface area contributed by atoms with Crippen molar-refractivity contribution in [2.45, 2.75) is 6.92 Å². The van der Waals surface area contributed by atoms with Crippen molar-refractivity contribution in [3.8, 4) is 0 Å². The average Bonchev–Trinajstić information content (AvgIpc) is 2.21. The first-order valence-electron chi connectivity index (χ1n) is 3.93. The van der Waals surface area contributed by atoms with Crippen LogP contribution in [0.15, 0.2) is 5.11 Å². The fourth-order valence-corrected chi connectivity index (χ4v) is 1.19. The number of carbonyl (C=O) groups is 1. The van der Waals surface area contributed by atoms with E-state index in [4.69, 9.17) is 11.3 Å². The van der Waals surface area contributed by atoms with Gasteiger partial charge in [0.2, 0.25) is 0 Å². The lowest BCUT2D eigenvalue weighted by molar-refractivity contribution is 0.0994. The summed E-state index contributed by atoms with van der Waals surface area (Å²) in [5, 5.41) is 2.67. The summed E-state index contributed by atoms with van der Waals surface area (Å²) in [6.07, 6.45) is 0. The van der Waals surface area contributed by atoms with E-state index in [0.29, 0.717) is 0 Å². The van der Waals surface area contributed by atoms with Crippen LogP contribution in [0.1, 0.15) is 15.9 Å². The normalized spacial score (nSPS) is 9.75. The number of benzene rings is 1. The molecule has 0 fully saturated rings. The monoisotopic (exact) mass is 230 g/mol. The van der Waals surface area contributed by atoms with Gasteiger partial charge in [-0.1, -0.05) is 5.11 Å². The van der Waals surface area contributed by atoms with E-state index in [-0.39, 0.29) is 0 Å². The Morgan fingerprint density at radius 3 is 2.31 bits per heavy atom. The maximum Gasteiger partial charge on any atom is 0.252 e. The van der Waals surface area contributed by atoms with Crippen LogP contribution < -0.4 is 5.73 Å². The number of rotatable bonds is 2. The van der Waals surface area contributed by atoms with Gasteiger partial charge in [-0.05, 0) is 12.5 Å². The number of hydrogen-bond acceptors (Lipinski definition) is 2. The van der Waals surface area contributed by atoms with Crippen LogP contribution in [-0.2, 0) is 0 Å². The number of halogens is 3. The summed E-state index contributed by atoms with van der Waals surface area (Å²) >= 11 is 0. The number of nitrogens with two attached hydrogens (primary N) is 1. The second-order valence-electron chi connectivity index (χ2n) is 2.84. The van der Waals surface area contributed by atoms with Crippen LogP contribution in [0.4, 0.5) is 18.9 Å². The number of nitrogens with zero attached hydrogens (tertiary/aromatic N) is 3. The van der Waals surface area contributed by atoms with Crippen LogP contribution in [0.3, 0.4) is 0 Å². The summed E-state index contributed by atoms with van der Waals surface area (Å²) < 4.78 is 39.8. The summed E-state index contributed by atoms with van der Waals surface area (Å²) in [6.45, 7) is 1.02. The van der Waals surface area contributed by atoms with Gasteiger partial charge in [0.1, 0.15) is 11.5 Å². The smallest absolute Gasteiger partial charge is 0.252 e. The predicted molar refractivity (Wildman–Crippen MR) is 48.4 cm³/mol. The van der Waals surface area contributed by atoms with E-state index in [0.717, 1.165) is 6.92 Å². The fraction of sp³-hybridized carbons (Fsp3) is 0.125. The first kappa shape index (κ1) is 11.9. The van der Waals surface area contributed by atoms with Crippen molar-refractivity contribution in [1.82, 2.24) is 0 Å². The molecule has 1 aromatic rings. The van der Waals surface area contributed by atoms with Gasteiger partial charge in [0.05, 0.1) is 5.56 Å². The minimum Gasteiger partial charge on any atom is -0.365 e. The lowest BCUT2D eigenvalue weighted by atomic mass is 10.1. The van der Waals surface area contributed by atoms with Crippen molar-refractivity contribution < 1.29 is 18.0 Å². The molecule has 0 bridgehead atoms. The molecular weight excluding hydrogens is 225 g/mol. The summed E-state index contributed by atoms with van der Waals surface area (Å²) in [6, 6.07) is 0. The number of amides is 1. The van der Waals surface area contributed by atoms with Gasteiger partial charge in [0, 0.05) is 10.5 Å². The second kappa shape index (κ2) is 4.11. The Kier molecular flexibility index (Phi) is 3.05. The summed E-state index contributed by atoms with van der Waals surface area (Å²) in [5.41, 5.74) is 10.3. The minimum absolute atomic E-state index is 0.506. The molecule has 0 atom stereocenters. The van der Waals surface area contributed by atoms with Crippen LogP contribution in [0.5, 0.6) is 0 Å². The lowest BCUT2D eigenvalue weighted by Crippen LogP contribution is -2.17. The molecule has 5 nitrogen and oxygen atoms in total. The highest BCUT2D eigenvalue weighted by atomic mass is 19.2. The Balaban J connectivity index is 3.76. The SMILES string of the molecule is Cc1c(F)c(N=[N+]=[N-])c(F)c(F)c1C(N)=O. The Morgan fingerprint density at radius 2 is 1.88 bits per heavy atom. The molecule has 0 radical (unpaired) electrons. The molecular formula is C8H5F3N4O. The van der Waals surface area contributed by atoms with Gasteiger partial charge < -0.3 is 5.73 Å². The maximum absolute atomic E-state index is 13.4. The Bertz CT molecular complexity index is 461. The highest BCUT2D eigenvalue weighted by molar-refractivity contribution is 5.95. The largest absolute Gasteiger partial charge is 0.365 e. The minimum atomic E-state index is -1.74. The first-order chi connectivity index (χ1) is 7.41. The zero-order chi connectivity index (χ0) is 12.5. The zero-order valence-corrected chi connectivity index (χ0v) is 7.96. The molecule has 0 aliphatic rings. The topological polar surface area (TPSA) is 91.8 Å². The van der Waals surface area contributed by atoms with Crippen molar-refractivity contribution in [3.05, 3.63) is 39.0 Å². The molecule has 16 heavy (non-hydrogen) atoms. The second-order valence-corrected chi connectivity index (χ2v) is 2.84. The van der Waals surface area contributed by atoms with Crippen LogP contribution in [-0.4, -0.2) is 5.91 Å². The quantitative estimate of drug-likeness (QED) is 0.359. The van der Waals surface area contributed by atoms with Gasteiger partial charge in [-0.3, -0.25) is 4.79 Å². The van der Waals surface area contributed by atoms with Crippen LogP contribution in [0.25, 0.3) is 10.4 Å². The highest BCUT2D eigenvalue weighted by Gasteiger charge is 2.24. The average molecular weight is 230 g/mol. The molecule has 2 N–H and O–H groups in total. The van der Waals surface area contributed by atoms with Gasteiger partial charge in [0.15, 0.2) is 11.6 Å². The van der Waals surface area contributed by atoms with Crippen LogP contribution >= 0.6 is 0 Å². The standard InChI is InChI=1S/C8H5F3N4O/c1-2-3(8(12)16)5(10)6(11)7(4(2)9)14-15-13/h1H3,(H2,12,16). The Labute approximate surface area is 87.3 Å². The van der Waals surface area contributed by atoms with Crippen molar-refractivity contribution in [1.29, 1.82) is 0 Å². The molecule has 8 heteroatoms. The Morgan fingerprint density at radius 1 is 1.31 bits per heavy atom. The first-order valence-corrected chi connectivity index (χ1v) is 3.93. The van der Waals surface area contributed by atoms with E-state index in [9.17, 15) is 18.0 Å². The van der Waals surface area contributed by atoms with Crippen molar-refractivity contribution in [3.63, 3.8) is 0 Å². The fourth-order valence-electron chi connectivity index (χ4n) is 1.19. The van der Waals surface area contributed by atoms with E-state index in [1.165, 1.54) is 0 Å². The highest BCUT2D eigenvalue weighted by Crippen LogP contribution is 2.30. The molecule has 84 valence electrons. The molecule has 0 aromatic heterocycles. The third-order valence-electron chi connectivity index (χ3n) is 1.92. The van der Waals surface area contributed by atoms with Gasteiger partial charge in [0.25, 0.3) is 5.91 Å². The molecule has 0 heterocycles. The Hall–Kier alpha value is -2.21. The van der Waals surface area contributed by atoms with E-state index >= 15 is 0 Å². The molecule has 0 aliphatic carbocycles. The van der Waals surface area contributed by atoms with Gasteiger partial charge >= 0.3 is 0 Å². The van der Waals surface area contributed by atoms with Crippen LogP contribution in [0, 0.1) is 24.4 Å². The van der Waals surface area contributed by atoms with Gasteiger partial charge in [-0.25, -0.2) is 13.2 Å². The summed E-state index contributed by atoms with van der Waals surface area (Å²) in [4.78, 5) is 12.9. The number of hydrogen-bond donors (Lipinski definition) is 1. The summed E-state index contributed by atoms with van der Waals surface area (Å²) in [5.74, 6) is -5.99. The van der Waals surface area contributed by atoms with Crippen molar-refractivity contribution >= 4 is 11.6 Å². The van der Waals surface area contributed by atoms with E-state index in [1.54, 1.807) is 0 Å². The summed E-state index contributed by atoms with van der Waals surface area (Å²) in [7, 11) is 0. The molecule has 1 amide bonds. The number of carbonyl (C=O) groups excluding carboxylic acids is 1. The lowest BCUT2D eigenvalue weighted by Gasteiger charge is -2.08. The van der Waals surface area contributed by atoms with Crippen molar-refractivity contribution in [2.75, 3.05) is 0 Å². The molecule has 0 saturated heterocycles. The van der Waals surface area contributed by atoms with Gasteiger partial charge in [-0.2, -0.15) is 0 Å². The molecule has 0 spiro atoms. The van der Waals surface area contributed by atoms with E-state index < -0.39 is 40.2 Å². The van der Waals surface area contributed by atoms with Crippen molar-refractivity contribution in [2.24, 2.45) is 10.8 Å². The third kappa shape index (κ3) is 1.66. The molecule has 1 aromatic carbocycles. The number of azide groups is 1. The molecule has 0 unspecified atom stereocenters. The molecule has 0 aliphatic heterocycles. The van der Waals surface area contributed by atoms with E-state index in [2.05, 4.69) is 10.0 Å². The maximum atomic E-state index is 13.4.